The number of anilines is 1. The highest BCUT2D eigenvalue weighted by atomic mass is 15.4. The average Bonchev–Trinajstić information content (AvgIpc) is 3.02. The molecule has 0 atom stereocenters. The number of rotatable bonds is 3. The fraction of sp³-hybridized carbons (Fsp3) is 0.583. The van der Waals surface area contributed by atoms with E-state index in [1.807, 2.05) is 17.9 Å². The molecule has 0 amide bonds. The fourth-order valence-electron chi connectivity index (χ4n) is 2.54. The SMILES string of the molecule is Cn1nc(C2CCCC2)nc1Cn1cc(N)cn1. The van der Waals surface area contributed by atoms with Crippen molar-refractivity contribution in [3.63, 3.8) is 0 Å². The van der Waals surface area contributed by atoms with Gasteiger partial charge in [-0.15, -0.1) is 0 Å². The molecular weight excluding hydrogens is 228 g/mol. The van der Waals surface area contributed by atoms with Crippen molar-refractivity contribution in [2.75, 3.05) is 5.73 Å². The standard InChI is InChI=1S/C12H18N6/c1-17-11(8-18-7-10(13)6-14-18)15-12(16-17)9-4-2-3-5-9/h6-7,9H,2-5,8,13H2,1H3. The van der Waals surface area contributed by atoms with Gasteiger partial charge in [0.05, 0.1) is 11.9 Å². The molecule has 2 aromatic heterocycles. The number of hydrogen-bond donors (Lipinski definition) is 1. The van der Waals surface area contributed by atoms with Gasteiger partial charge in [-0.2, -0.15) is 10.2 Å². The minimum Gasteiger partial charge on any atom is -0.396 e. The van der Waals surface area contributed by atoms with Gasteiger partial charge in [-0.05, 0) is 12.8 Å². The van der Waals surface area contributed by atoms with Crippen LogP contribution in [0, 0.1) is 0 Å². The number of nitrogen functional groups attached to an aromatic ring is 1. The molecule has 0 bridgehead atoms. The number of hydrogen-bond acceptors (Lipinski definition) is 4. The maximum atomic E-state index is 5.65. The van der Waals surface area contributed by atoms with E-state index in [-0.39, 0.29) is 0 Å². The largest absolute Gasteiger partial charge is 0.396 e. The Morgan fingerprint density at radius 1 is 1.39 bits per heavy atom. The zero-order valence-corrected chi connectivity index (χ0v) is 10.6. The van der Waals surface area contributed by atoms with Crippen LogP contribution >= 0.6 is 0 Å². The molecule has 0 radical (unpaired) electrons. The van der Waals surface area contributed by atoms with E-state index in [1.165, 1.54) is 25.7 Å². The van der Waals surface area contributed by atoms with Crippen LogP contribution in [-0.4, -0.2) is 24.5 Å². The second kappa shape index (κ2) is 4.44. The van der Waals surface area contributed by atoms with Crippen LogP contribution in [0.5, 0.6) is 0 Å². The summed E-state index contributed by atoms with van der Waals surface area (Å²) in [6.07, 6.45) is 8.50. The summed E-state index contributed by atoms with van der Waals surface area (Å²) in [5.74, 6) is 2.47. The first-order valence-corrected chi connectivity index (χ1v) is 6.40. The van der Waals surface area contributed by atoms with Crippen molar-refractivity contribution in [3.05, 3.63) is 24.0 Å². The lowest BCUT2D eigenvalue weighted by Gasteiger charge is -2.00. The number of nitrogens with two attached hydrogens (primary N) is 1. The molecule has 3 rings (SSSR count). The van der Waals surface area contributed by atoms with Crippen LogP contribution in [0.25, 0.3) is 0 Å². The van der Waals surface area contributed by atoms with Crippen molar-refractivity contribution in [3.8, 4) is 0 Å². The molecule has 6 nitrogen and oxygen atoms in total. The lowest BCUT2D eigenvalue weighted by molar-refractivity contribution is 0.604. The van der Waals surface area contributed by atoms with Crippen LogP contribution in [0.1, 0.15) is 43.3 Å². The Bertz CT molecular complexity index is 535. The second-order valence-corrected chi connectivity index (χ2v) is 4.96. The molecule has 1 aliphatic rings. The number of aryl methyl sites for hydroxylation is 1. The first-order chi connectivity index (χ1) is 8.72. The molecule has 2 aromatic rings. The van der Waals surface area contributed by atoms with Crippen LogP contribution in [0.2, 0.25) is 0 Å². The van der Waals surface area contributed by atoms with Gasteiger partial charge < -0.3 is 5.73 Å². The topological polar surface area (TPSA) is 74.5 Å². The molecule has 1 fully saturated rings. The van der Waals surface area contributed by atoms with Gasteiger partial charge in [0.25, 0.3) is 0 Å². The van der Waals surface area contributed by atoms with E-state index >= 15 is 0 Å². The van der Waals surface area contributed by atoms with Crippen LogP contribution in [0.4, 0.5) is 5.69 Å². The van der Waals surface area contributed by atoms with E-state index < -0.39 is 0 Å². The number of nitrogens with zero attached hydrogens (tertiary/aromatic N) is 5. The van der Waals surface area contributed by atoms with Crippen molar-refractivity contribution in [1.29, 1.82) is 0 Å². The molecule has 0 aliphatic heterocycles. The predicted octanol–water partition coefficient (Wildman–Crippen LogP) is 1.30. The highest BCUT2D eigenvalue weighted by Gasteiger charge is 2.22. The Morgan fingerprint density at radius 3 is 2.83 bits per heavy atom. The maximum Gasteiger partial charge on any atom is 0.154 e. The van der Waals surface area contributed by atoms with Gasteiger partial charge in [0.1, 0.15) is 12.4 Å². The van der Waals surface area contributed by atoms with Crippen molar-refractivity contribution in [1.82, 2.24) is 24.5 Å². The summed E-state index contributed by atoms with van der Waals surface area (Å²) in [6, 6.07) is 0. The quantitative estimate of drug-likeness (QED) is 0.885. The molecule has 0 spiro atoms. The van der Waals surface area contributed by atoms with Gasteiger partial charge >= 0.3 is 0 Å². The van der Waals surface area contributed by atoms with Gasteiger partial charge in [0, 0.05) is 19.2 Å². The molecule has 1 saturated carbocycles. The summed E-state index contributed by atoms with van der Waals surface area (Å²) >= 11 is 0. The molecule has 1 aliphatic carbocycles. The zero-order chi connectivity index (χ0) is 12.5. The lowest BCUT2D eigenvalue weighted by Crippen LogP contribution is -2.07. The molecule has 6 heteroatoms. The smallest absolute Gasteiger partial charge is 0.154 e. The van der Waals surface area contributed by atoms with Crippen molar-refractivity contribution in [2.24, 2.45) is 7.05 Å². The summed E-state index contributed by atoms with van der Waals surface area (Å²) in [5.41, 5.74) is 6.32. The van der Waals surface area contributed by atoms with E-state index in [4.69, 9.17) is 5.73 Å². The Balaban J connectivity index is 1.79. The van der Waals surface area contributed by atoms with Crippen LogP contribution in [-0.2, 0) is 13.6 Å². The highest BCUT2D eigenvalue weighted by Crippen LogP contribution is 2.32. The third-order valence-corrected chi connectivity index (χ3v) is 3.55. The molecule has 0 unspecified atom stereocenters. The van der Waals surface area contributed by atoms with Gasteiger partial charge in [-0.3, -0.25) is 9.36 Å². The zero-order valence-electron chi connectivity index (χ0n) is 10.6. The van der Waals surface area contributed by atoms with Crippen LogP contribution < -0.4 is 5.73 Å². The number of aromatic nitrogens is 5. The van der Waals surface area contributed by atoms with Crippen molar-refractivity contribution in [2.45, 2.75) is 38.1 Å². The lowest BCUT2D eigenvalue weighted by atomic mass is 10.1. The van der Waals surface area contributed by atoms with Gasteiger partial charge in [-0.25, -0.2) is 4.98 Å². The van der Waals surface area contributed by atoms with E-state index in [1.54, 1.807) is 10.9 Å². The van der Waals surface area contributed by atoms with Crippen LogP contribution in [0.15, 0.2) is 12.4 Å². The fourth-order valence-corrected chi connectivity index (χ4v) is 2.54. The first-order valence-electron chi connectivity index (χ1n) is 6.40. The van der Waals surface area contributed by atoms with Gasteiger partial charge in [-0.1, -0.05) is 12.8 Å². The minimum absolute atomic E-state index is 0.549. The van der Waals surface area contributed by atoms with E-state index in [9.17, 15) is 0 Å². The predicted molar refractivity (Wildman–Crippen MR) is 68.0 cm³/mol. The third kappa shape index (κ3) is 2.10. The van der Waals surface area contributed by atoms with Gasteiger partial charge in [0.2, 0.25) is 0 Å². The van der Waals surface area contributed by atoms with E-state index in [0.29, 0.717) is 18.2 Å². The van der Waals surface area contributed by atoms with Crippen molar-refractivity contribution < 1.29 is 0 Å². The molecule has 0 saturated heterocycles. The van der Waals surface area contributed by atoms with E-state index in [0.717, 1.165) is 11.6 Å². The highest BCUT2D eigenvalue weighted by molar-refractivity contribution is 5.30. The Labute approximate surface area is 106 Å². The molecule has 2 heterocycles. The normalized spacial score (nSPS) is 16.5. The summed E-state index contributed by atoms with van der Waals surface area (Å²) < 4.78 is 3.64. The summed E-state index contributed by atoms with van der Waals surface area (Å²) in [5, 5.41) is 8.70. The summed E-state index contributed by atoms with van der Waals surface area (Å²) in [7, 11) is 1.94. The molecule has 18 heavy (non-hydrogen) atoms. The average molecular weight is 246 g/mol. The van der Waals surface area contributed by atoms with Gasteiger partial charge in [0.15, 0.2) is 5.82 Å². The Morgan fingerprint density at radius 2 is 2.17 bits per heavy atom. The van der Waals surface area contributed by atoms with E-state index in [2.05, 4.69) is 15.2 Å². The Hall–Kier alpha value is -1.85. The molecule has 2 N–H and O–H groups in total. The second-order valence-electron chi connectivity index (χ2n) is 4.96. The van der Waals surface area contributed by atoms with Crippen LogP contribution in [0.3, 0.4) is 0 Å². The summed E-state index contributed by atoms with van der Waals surface area (Å²) in [6.45, 7) is 0.618. The Kier molecular flexibility index (Phi) is 2.77. The monoisotopic (exact) mass is 246 g/mol. The maximum absolute atomic E-state index is 5.65. The first kappa shape index (κ1) is 11.3. The van der Waals surface area contributed by atoms with Crippen molar-refractivity contribution >= 4 is 5.69 Å². The molecule has 96 valence electrons. The molecular formula is C12H18N6. The minimum atomic E-state index is 0.549. The summed E-state index contributed by atoms with van der Waals surface area (Å²) in [4.78, 5) is 4.65. The third-order valence-electron chi connectivity index (χ3n) is 3.55. The molecule has 0 aromatic carbocycles.